The van der Waals surface area contributed by atoms with E-state index in [0.29, 0.717) is 10.7 Å². The second kappa shape index (κ2) is 5.34. The third kappa shape index (κ3) is 2.90. The van der Waals surface area contributed by atoms with E-state index in [-0.39, 0.29) is 5.82 Å². The van der Waals surface area contributed by atoms with E-state index >= 15 is 0 Å². The van der Waals surface area contributed by atoms with Crippen molar-refractivity contribution in [3.05, 3.63) is 47.9 Å². The average molecular weight is 301 g/mol. The Morgan fingerprint density at radius 3 is 2.76 bits per heavy atom. The Bertz CT molecular complexity index is 838. The summed E-state index contributed by atoms with van der Waals surface area (Å²) in [5.74, 6) is 0.249. The number of carboxylic acid groups (broad SMARTS) is 1. The first-order valence-corrected chi connectivity index (χ1v) is 6.38. The van der Waals surface area contributed by atoms with Crippen LogP contribution in [-0.4, -0.2) is 26.2 Å². The second-order valence-electron chi connectivity index (χ2n) is 4.26. The molecule has 0 atom stereocenters. The number of amides is 1. The minimum atomic E-state index is -1.16. The van der Waals surface area contributed by atoms with Crippen LogP contribution in [0.25, 0.3) is 22.2 Å². The van der Waals surface area contributed by atoms with Crippen molar-refractivity contribution >= 4 is 34.5 Å². The van der Waals surface area contributed by atoms with Crippen molar-refractivity contribution in [2.24, 2.45) is 0 Å². The summed E-state index contributed by atoms with van der Waals surface area (Å²) < 4.78 is 0. The molecule has 0 radical (unpaired) electrons. The zero-order valence-corrected chi connectivity index (χ0v) is 11.4. The third-order valence-corrected chi connectivity index (χ3v) is 3.04. The van der Waals surface area contributed by atoms with Crippen LogP contribution in [0.5, 0.6) is 0 Å². The fourth-order valence-corrected chi connectivity index (χ4v) is 2.08. The van der Waals surface area contributed by atoms with Gasteiger partial charge in [0.05, 0.1) is 11.0 Å². The monoisotopic (exact) mass is 300 g/mol. The van der Waals surface area contributed by atoms with Crippen LogP contribution in [0.2, 0.25) is 5.15 Å². The van der Waals surface area contributed by atoms with Gasteiger partial charge in [-0.1, -0.05) is 11.6 Å². The summed E-state index contributed by atoms with van der Waals surface area (Å²) in [5, 5.41) is 11.3. The molecular formula is C14H9ClN4O2. The van der Waals surface area contributed by atoms with Crippen molar-refractivity contribution < 1.29 is 9.90 Å². The highest BCUT2D eigenvalue weighted by Gasteiger charge is 2.05. The normalized spacial score (nSPS) is 10.5. The number of hydrogen-bond donors (Lipinski definition) is 2. The maximum absolute atomic E-state index is 10.6. The van der Waals surface area contributed by atoms with Gasteiger partial charge < -0.3 is 5.11 Å². The number of fused-ring (bicyclic) bond motifs is 1. The molecule has 0 fully saturated rings. The van der Waals surface area contributed by atoms with Gasteiger partial charge in [-0.05, 0) is 35.9 Å². The molecule has 3 rings (SSSR count). The summed E-state index contributed by atoms with van der Waals surface area (Å²) >= 11 is 5.88. The van der Waals surface area contributed by atoms with Gasteiger partial charge in [-0.25, -0.2) is 14.8 Å². The Morgan fingerprint density at radius 1 is 1.10 bits per heavy atom. The average Bonchev–Trinajstić information content (AvgIpc) is 2.46. The van der Waals surface area contributed by atoms with Gasteiger partial charge in [-0.2, -0.15) is 0 Å². The molecule has 0 aliphatic carbocycles. The summed E-state index contributed by atoms with van der Waals surface area (Å²) in [6.45, 7) is 0. The van der Waals surface area contributed by atoms with Gasteiger partial charge in [0.15, 0.2) is 0 Å². The van der Waals surface area contributed by atoms with Gasteiger partial charge in [0.25, 0.3) is 0 Å². The first-order chi connectivity index (χ1) is 10.1. The van der Waals surface area contributed by atoms with Crippen LogP contribution in [0.4, 0.5) is 10.6 Å². The van der Waals surface area contributed by atoms with Crippen LogP contribution in [0.3, 0.4) is 0 Å². The zero-order chi connectivity index (χ0) is 14.8. The Morgan fingerprint density at radius 2 is 1.95 bits per heavy atom. The molecule has 21 heavy (non-hydrogen) atoms. The maximum Gasteiger partial charge on any atom is 0.410 e. The summed E-state index contributed by atoms with van der Waals surface area (Å²) in [6.07, 6.45) is 2.05. The molecule has 3 heterocycles. The van der Waals surface area contributed by atoms with E-state index in [4.69, 9.17) is 16.7 Å². The summed E-state index contributed by atoms with van der Waals surface area (Å²) in [6, 6.07) is 8.70. The number of aromatic nitrogens is 3. The molecule has 0 spiro atoms. The van der Waals surface area contributed by atoms with Crippen molar-refractivity contribution in [1.29, 1.82) is 0 Å². The second-order valence-corrected chi connectivity index (χ2v) is 4.64. The van der Waals surface area contributed by atoms with Crippen LogP contribution in [0, 0.1) is 0 Å². The number of nitrogens with one attached hydrogen (secondary N) is 1. The zero-order valence-electron chi connectivity index (χ0n) is 10.6. The van der Waals surface area contributed by atoms with Gasteiger partial charge >= 0.3 is 6.09 Å². The predicted molar refractivity (Wildman–Crippen MR) is 79.4 cm³/mol. The quantitative estimate of drug-likeness (QED) is 0.708. The highest BCUT2D eigenvalue weighted by Crippen LogP contribution is 2.24. The molecule has 104 valence electrons. The number of carbonyl (C=O) groups is 1. The van der Waals surface area contributed by atoms with Crippen LogP contribution in [-0.2, 0) is 0 Å². The first-order valence-electron chi connectivity index (χ1n) is 6.00. The lowest BCUT2D eigenvalue weighted by molar-refractivity contribution is 0.209. The minimum Gasteiger partial charge on any atom is -0.465 e. The number of rotatable bonds is 2. The minimum absolute atomic E-state index is 0.249. The standard InChI is InChI=1S/C14H9ClN4O2/c15-12-2-1-10-11(18-12)5-9(7-17-10)8-3-4-16-13(6-8)19-14(20)21/h1-7H,(H,16,19)(H,20,21). The van der Waals surface area contributed by atoms with Crippen molar-refractivity contribution in [1.82, 2.24) is 15.0 Å². The SMILES string of the molecule is O=C(O)Nc1cc(-c2cnc3ccc(Cl)nc3c2)ccn1. The van der Waals surface area contributed by atoms with Crippen LogP contribution < -0.4 is 5.32 Å². The van der Waals surface area contributed by atoms with Gasteiger partial charge in [0, 0.05) is 18.0 Å². The molecule has 0 saturated heterocycles. The molecule has 6 nitrogen and oxygen atoms in total. The van der Waals surface area contributed by atoms with Crippen molar-refractivity contribution in [2.75, 3.05) is 5.32 Å². The Kier molecular flexibility index (Phi) is 3.37. The van der Waals surface area contributed by atoms with E-state index in [9.17, 15) is 4.79 Å². The molecule has 0 bridgehead atoms. The van der Waals surface area contributed by atoms with E-state index in [0.717, 1.165) is 16.6 Å². The Hall–Kier alpha value is -2.73. The number of nitrogens with zero attached hydrogens (tertiary/aromatic N) is 3. The van der Waals surface area contributed by atoms with Gasteiger partial charge in [-0.15, -0.1) is 0 Å². The van der Waals surface area contributed by atoms with Crippen LogP contribution in [0.15, 0.2) is 42.7 Å². The molecule has 7 heteroatoms. The van der Waals surface area contributed by atoms with E-state index in [1.807, 2.05) is 6.07 Å². The maximum atomic E-state index is 10.6. The number of anilines is 1. The van der Waals surface area contributed by atoms with Gasteiger partial charge in [-0.3, -0.25) is 10.3 Å². The molecule has 0 unspecified atom stereocenters. The van der Waals surface area contributed by atoms with E-state index in [1.54, 1.807) is 30.5 Å². The van der Waals surface area contributed by atoms with Crippen molar-refractivity contribution in [3.8, 4) is 11.1 Å². The van der Waals surface area contributed by atoms with Gasteiger partial charge in [0.1, 0.15) is 11.0 Å². The molecule has 3 aromatic heterocycles. The lowest BCUT2D eigenvalue weighted by Gasteiger charge is -2.05. The Balaban J connectivity index is 2.05. The van der Waals surface area contributed by atoms with E-state index < -0.39 is 6.09 Å². The van der Waals surface area contributed by atoms with E-state index in [1.165, 1.54) is 6.20 Å². The molecule has 0 aliphatic rings. The summed E-state index contributed by atoms with van der Waals surface area (Å²) in [4.78, 5) is 23.1. The van der Waals surface area contributed by atoms with E-state index in [2.05, 4.69) is 20.3 Å². The lowest BCUT2D eigenvalue weighted by atomic mass is 10.1. The smallest absolute Gasteiger partial charge is 0.410 e. The molecule has 2 N–H and O–H groups in total. The van der Waals surface area contributed by atoms with Crippen molar-refractivity contribution in [2.45, 2.75) is 0 Å². The lowest BCUT2D eigenvalue weighted by Crippen LogP contribution is -2.08. The van der Waals surface area contributed by atoms with Crippen LogP contribution in [0.1, 0.15) is 0 Å². The molecule has 0 saturated carbocycles. The fourth-order valence-electron chi connectivity index (χ4n) is 1.93. The Labute approximate surface area is 124 Å². The topological polar surface area (TPSA) is 88.0 Å². The highest BCUT2D eigenvalue weighted by molar-refractivity contribution is 6.29. The third-order valence-electron chi connectivity index (χ3n) is 2.83. The van der Waals surface area contributed by atoms with Gasteiger partial charge in [0.2, 0.25) is 0 Å². The molecular weight excluding hydrogens is 292 g/mol. The summed E-state index contributed by atoms with van der Waals surface area (Å²) in [5.41, 5.74) is 2.99. The molecule has 0 aliphatic heterocycles. The number of pyridine rings is 3. The largest absolute Gasteiger partial charge is 0.465 e. The van der Waals surface area contributed by atoms with Crippen LogP contribution >= 0.6 is 11.6 Å². The van der Waals surface area contributed by atoms with Crippen molar-refractivity contribution in [3.63, 3.8) is 0 Å². The number of halogens is 1. The first kappa shape index (κ1) is 13.3. The fraction of sp³-hybridized carbons (Fsp3) is 0. The number of hydrogen-bond acceptors (Lipinski definition) is 4. The predicted octanol–water partition coefficient (Wildman–Crippen LogP) is 3.44. The highest BCUT2D eigenvalue weighted by atomic mass is 35.5. The molecule has 3 aromatic rings. The molecule has 0 aromatic carbocycles. The molecule has 1 amide bonds. The summed E-state index contributed by atoms with van der Waals surface area (Å²) in [7, 11) is 0.